The second-order valence-corrected chi connectivity index (χ2v) is 5.55. The van der Waals surface area contributed by atoms with Gasteiger partial charge in [0, 0.05) is 29.9 Å². The minimum atomic E-state index is 0.791. The maximum absolute atomic E-state index is 6.43. The number of anilines is 1. The summed E-state index contributed by atoms with van der Waals surface area (Å²) in [6, 6.07) is 8.35. The van der Waals surface area contributed by atoms with Gasteiger partial charge in [-0.3, -0.25) is 4.98 Å². The molecule has 1 fully saturated rings. The highest BCUT2D eigenvalue weighted by atomic mass is 35.5. The van der Waals surface area contributed by atoms with Crippen LogP contribution in [-0.2, 0) is 11.2 Å². The quantitative estimate of drug-likeness (QED) is 0.862. The number of hydrogen-bond donors (Lipinski definition) is 0. The van der Waals surface area contributed by atoms with Crippen LogP contribution in [-0.4, -0.2) is 31.3 Å². The molecule has 0 radical (unpaired) electrons. The van der Waals surface area contributed by atoms with Crippen molar-refractivity contribution < 1.29 is 4.74 Å². The zero-order valence-electron chi connectivity index (χ0n) is 11.7. The zero-order valence-corrected chi connectivity index (χ0v) is 12.5. The first-order valence-corrected chi connectivity index (χ1v) is 7.57. The highest BCUT2D eigenvalue weighted by Gasteiger charge is 2.13. The summed E-state index contributed by atoms with van der Waals surface area (Å²) in [6.07, 6.45) is 2.06. The smallest absolute Gasteiger partial charge is 0.0721 e. The number of halogens is 1. The van der Waals surface area contributed by atoms with Crippen LogP contribution in [0.4, 0.5) is 5.69 Å². The highest BCUT2D eigenvalue weighted by Crippen LogP contribution is 2.28. The number of aryl methyl sites for hydroxylation is 1. The Labute approximate surface area is 124 Å². The first kappa shape index (κ1) is 13.7. The summed E-state index contributed by atoms with van der Waals surface area (Å²) in [6.45, 7) is 5.61. The fourth-order valence-electron chi connectivity index (χ4n) is 2.63. The molecule has 1 aromatic carbocycles. The lowest BCUT2D eigenvalue weighted by atomic mass is 10.1. The molecule has 3 rings (SSSR count). The van der Waals surface area contributed by atoms with Crippen LogP contribution in [0.1, 0.15) is 19.0 Å². The molecule has 0 unspecified atom stereocenters. The predicted octanol–water partition coefficient (Wildman–Crippen LogP) is 3.68. The molecular weight excluding hydrogens is 272 g/mol. The molecule has 1 aliphatic rings. The lowest BCUT2D eigenvalue weighted by Crippen LogP contribution is -2.36. The summed E-state index contributed by atoms with van der Waals surface area (Å²) in [5.41, 5.74) is 3.26. The summed E-state index contributed by atoms with van der Waals surface area (Å²) in [5, 5.41) is 1.84. The van der Waals surface area contributed by atoms with Crippen LogP contribution in [0, 0.1) is 0 Å². The van der Waals surface area contributed by atoms with Gasteiger partial charge in [-0.2, -0.15) is 0 Å². The van der Waals surface area contributed by atoms with Crippen LogP contribution in [0.15, 0.2) is 24.3 Å². The molecule has 0 N–H and O–H groups in total. The van der Waals surface area contributed by atoms with Crippen molar-refractivity contribution in [2.45, 2.75) is 19.8 Å². The molecule has 4 heteroatoms. The lowest BCUT2D eigenvalue weighted by Gasteiger charge is -2.29. The third kappa shape index (κ3) is 2.74. The van der Waals surface area contributed by atoms with Gasteiger partial charge >= 0.3 is 0 Å². The lowest BCUT2D eigenvalue weighted by molar-refractivity contribution is 0.122. The average Bonchev–Trinajstić information content (AvgIpc) is 2.48. The Hall–Kier alpha value is -1.32. The van der Waals surface area contributed by atoms with Gasteiger partial charge in [-0.15, -0.1) is 0 Å². The van der Waals surface area contributed by atoms with Crippen molar-refractivity contribution in [1.29, 1.82) is 0 Å². The molecule has 1 aromatic heterocycles. The summed E-state index contributed by atoms with van der Waals surface area (Å²) >= 11 is 6.43. The highest BCUT2D eigenvalue weighted by molar-refractivity contribution is 6.35. The van der Waals surface area contributed by atoms with Gasteiger partial charge in [0.25, 0.3) is 0 Å². The molecule has 20 heavy (non-hydrogen) atoms. The summed E-state index contributed by atoms with van der Waals surface area (Å²) in [5.74, 6) is 0. The Morgan fingerprint density at radius 1 is 1.25 bits per heavy atom. The van der Waals surface area contributed by atoms with Crippen molar-refractivity contribution in [3.05, 3.63) is 35.0 Å². The minimum absolute atomic E-state index is 0.791. The molecule has 2 heterocycles. The predicted molar refractivity (Wildman–Crippen MR) is 83.8 cm³/mol. The number of rotatable bonds is 3. The van der Waals surface area contributed by atoms with Crippen molar-refractivity contribution >= 4 is 28.2 Å². The van der Waals surface area contributed by atoms with E-state index < -0.39 is 0 Å². The van der Waals surface area contributed by atoms with Gasteiger partial charge in [0.2, 0.25) is 0 Å². The molecule has 0 amide bonds. The largest absolute Gasteiger partial charge is 0.378 e. The third-order valence-electron chi connectivity index (χ3n) is 3.68. The number of aromatic nitrogens is 1. The number of morpholine rings is 1. The Bertz CT molecular complexity index is 609. The van der Waals surface area contributed by atoms with Gasteiger partial charge in [0.05, 0.1) is 23.8 Å². The molecule has 0 saturated carbocycles. The summed E-state index contributed by atoms with van der Waals surface area (Å²) in [7, 11) is 0. The van der Waals surface area contributed by atoms with Crippen molar-refractivity contribution in [2.75, 3.05) is 31.2 Å². The molecule has 1 aliphatic heterocycles. The zero-order chi connectivity index (χ0) is 13.9. The van der Waals surface area contributed by atoms with Gasteiger partial charge in [-0.1, -0.05) is 24.9 Å². The Kier molecular flexibility index (Phi) is 4.08. The third-order valence-corrected chi connectivity index (χ3v) is 3.99. The van der Waals surface area contributed by atoms with Crippen molar-refractivity contribution in [3.8, 4) is 0 Å². The van der Waals surface area contributed by atoms with E-state index in [2.05, 4.69) is 35.0 Å². The van der Waals surface area contributed by atoms with Crippen molar-refractivity contribution in [1.82, 2.24) is 4.98 Å². The molecule has 3 nitrogen and oxygen atoms in total. The molecule has 0 aliphatic carbocycles. The first-order chi connectivity index (χ1) is 9.78. The molecule has 0 atom stereocenters. The topological polar surface area (TPSA) is 25.4 Å². The summed E-state index contributed by atoms with van der Waals surface area (Å²) < 4.78 is 5.39. The minimum Gasteiger partial charge on any atom is -0.378 e. The van der Waals surface area contributed by atoms with Crippen LogP contribution in [0.3, 0.4) is 0 Å². The van der Waals surface area contributed by atoms with E-state index in [1.807, 2.05) is 6.07 Å². The maximum atomic E-state index is 6.43. The second-order valence-electron chi connectivity index (χ2n) is 5.15. The second kappa shape index (κ2) is 5.98. The number of pyridine rings is 1. The van der Waals surface area contributed by atoms with Crippen molar-refractivity contribution in [2.24, 2.45) is 0 Å². The number of nitrogens with zero attached hydrogens (tertiary/aromatic N) is 2. The van der Waals surface area contributed by atoms with Crippen LogP contribution in [0.5, 0.6) is 0 Å². The number of hydrogen-bond acceptors (Lipinski definition) is 3. The number of ether oxygens (including phenoxy) is 1. The van der Waals surface area contributed by atoms with E-state index in [0.717, 1.165) is 60.8 Å². The van der Waals surface area contributed by atoms with E-state index in [9.17, 15) is 0 Å². The Morgan fingerprint density at radius 2 is 2.05 bits per heavy atom. The van der Waals surface area contributed by atoms with Gasteiger partial charge < -0.3 is 9.64 Å². The van der Waals surface area contributed by atoms with Crippen LogP contribution >= 0.6 is 11.6 Å². The Morgan fingerprint density at radius 3 is 2.80 bits per heavy atom. The molecule has 1 saturated heterocycles. The van der Waals surface area contributed by atoms with E-state index in [4.69, 9.17) is 16.3 Å². The number of benzene rings is 1. The van der Waals surface area contributed by atoms with Crippen LogP contribution in [0.2, 0.25) is 5.02 Å². The van der Waals surface area contributed by atoms with Crippen LogP contribution < -0.4 is 4.90 Å². The fourth-order valence-corrected chi connectivity index (χ4v) is 2.90. The fraction of sp³-hybridized carbons (Fsp3) is 0.438. The SMILES string of the molecule is CCCc1cc(Cl)c2cc(N3CCOCC3)ccc2n1. The molecular formula is C16H19ClN2O. The molecule has 2 aromatic rings. The normalized spacial score (nSPS) is 15.8. The standard InChI is InChI=1S/C16H19ClN2O/c1-2-3-12-10-15(17)14-11-13(4-5-16(14)18-12)19-6-8-20-9-7-19/h4-5,10-11H,2-3,6-9H2,1H3. The van der Waals surface area contributed by atoms with Crippen molar-refractivity contribution in [3.63, 3.8) is 0 Å². The van der Waals surface area contributed by atoms with E-state index in [1.165, 1.54) is 5.69 Å². The average molecular weight is 291 g/mol. The Balaban J connectivity index is 1.98. The van der Waals surface area contributed by atoms with E-state index in [-0.39, 0.29) is 0 Å². The first-order valence-electron chi connectivity index (χ1n) is 7.20. The van der Waals surface area contributed by atoms with Gasteiger partial charge in [-0.25, -0.2) is 0 Å². The van der Waals surface area contributed by atoms with Gasteiger partial charge in [0.15, 0.2) is 0 Å². The molecule has 0 spiro atoms. The monoisotopic (exact) mass is 290 g/mol. The van der Waals surface area contributed by atoms with E-state index in [0.29, 0.717) is 0 Å². The maximum Gasteiger partial charge on any atom is 0.0721 e. The van der Waals surface area contributed by atoms with Crippen LogP contribution in [0.25, 0.3) is 10.9 Å². The van der Waals surface area contributed by atoms with E-state index in [1.54, 1.807) is 0 Å². The molecule has 106 valence electrons. The number of fused-ring (bicyclic) bond motifs is 1. The van der Waals surface area contributed by atoms with Gasteiger partial charge in [-0.05, 0) is 30.7 Å². The summed E-state index contributed by atoms with van der Waals surface area (Å²) in [4.78, 5) is 7.02. The van der Waals surface area contributed by atoms with Gasteiger partial charge in [0.1, 0.15) is 0 Å². The van der Waals surface area contributed by atoms with E-state index >= 15 is 0 Å². The molecule has 0 bridgehead atoms.